The quantitative estimate of drug-likeness (QED) is 0.912. The number of amides is 1. The molecule has 21 heavy (non-hydrogen) atoms. The molecule has 2 rings (SSSR count). The summed E-state index contributed by atoms with van der Waals surface area (Å²) >= 11 is 0. The fraction of sp³-hybridized carbons (Fsp3) is 0.188. The number of carboxylic acids is 1. The summed E-state index contributed by atoms with van der Waals surface area (Å²) in [6, 6.07) is 12.5. The summed E-state index contributed by atoms with van der Waals surface area (Å²) in [6.45, 7) is 1.57. The summed E-state index contributed by atoms with van der Waals surface area (Å²) in [5.41, 5.74) is 2.24. The Bertz CT molecular complexity index is 624. The molecule has 5 nitrogen and oxygen atoms in total. The Kier molecular flexibility index (Phi) is 4.66. The van der Waals surface area contributed by atoms with E-state index in [0.717, 1.165) is 5.56 Å². The van der Waals surface area contributed by atoms with Gasteiger partial charge in [-0.25, -0.2) is 0 Å². The number of aromatic nitrogens is 1. The summed E-state index contributed by atoms with van der Waals surface area (Å²) in [6.07, 6.45) is 1.68. The van der Waals surface area contributed by atoms with Gasteiger partial charge in [0.05, 0.1) is 6.42 Å². The van der Waals surface area contributed by atoms with Crippen LogP contribution in [-0.4, -0.2) is 28.5 Å². The minimum absolute atomic E-state index is 0.0714. The second-order valence-electron chi connectivity index (χ2n) is 4.71. The first-order chi connectivity index (χ1) is 10.1. The number of aliphatic carboxylic acids is 1. The number of anilines is 1. The first-order valence-electron chi connectivity index (χ1n) is 6.55. The van der Waals surface area contributed by atoms with E-state index >= 15 is 0 Å². The van der Waals surface area contributed by atoms with E-state index in [1.54, 1.807) is 36.5 Å². The van der Waals surface area contributed by atoms with Crippen LogP contribution in [0.3, 0.4) is 0 Å². The smallest absolute Gasteiger partial charge is 0.323 e. The number of hydrogen-bond donors (Lipinski definition) is 1. The molecule has 0 radical (unpaired) electrons. The van der Waals surface area contributed by atoms with E-state index in [-0.39, 0.29) is 18.9 Å². The second kappa shape index (κ2) is 6.65. The van der Waals surface area contributed by atoms with Gasteiger partial charge >= 0.3 is 5.97 Å². The number of carboxylic acid groups (broad SMARTS) is 1. The van der Waals surface area contributed by atoms with Gasteiger partial charge in [0.1, 0.15) is 6.54 Å². The normalized spacial score (nSPS) is 10.1. The Morgan fingerprint density at radius 3 is 2.43 bits per heavy atom. The number of benzene rings is 1. The molecule has 1 heterocycles. The summed E-state index contributed by atoms with van der Waals surface area (Å²) in [5.74, 6) is -1.34. The third-order valence-electron chi connectivity index (χ3n) is 3.00. The van der Waals surface area contributed by atoms with Crippen molar-refractivity contribution in [2.24, 2.45) is 0 Å². The Morgan fingerprint density at radius 1 is 1.14 bits per heavy atom. The number of pyridine rings is 1. The van der Waals surface area contributed by atoms with Crippen molar-refractivity contribution in [3.05, 3.63) is 59.9 Å². The molecule has 0 bridgehead atoms. The lowest BCUT2D eigenvalue weighted by Gasteiger charge is -2.21. The molecule has 0 unspecified atom stereocenters. The van der Waals surface area contributed by atoms with Crippen molar-refractivity contribution >= 4 is 17.6 Å². The van der Waals surface area contributed by atoms with Gasteiger partial charge < -0.3 is 10.0 Å². The predicted molar refractivity (Wildman–Crippen MR) is 79.1 cm³/mol. The Hall–Kier alpha value is -2.69. The van der Waals surface area contributed by atoms with Gasteiger partial charge in [0, 0.05) is 17.6 Å². The minimum atomic E-state index is -1.05. The van der Waals surface area contributed by atoms with Gasteiger partial charge in [0.15, 0.2) is 0 Å². The largest absolute Gasteiger partial charge is 0.480 e. The molecule has 5 heteroatoms. The van der Waals surface area contributed by atoms with Crippen LogP contribution in [0.25, 0.3) is 0 Å². The lowest BCUT2D eigenvalue weighted by molar-refractivity contribution is -0.136. The Balaban J connectivity index is 2.21. The number of aryl methyl sites for hydroxylation is 1. The second-order valence-corrected chi connectivity index (χ2v) is 4.71. The van der Waals surface area contributed by atoms with Crippen LogP contribution in [0.2, 0.25) is 0 Å². The molecule has 1 N–H and O–H groups in total. The zero-order valence-electron chi connectivity index (χ0n) is 11.7. The summed E-state index contributed by atoms with van der Waals surface area (Å²) < 4.78 is 0. The molecular weight excluding hydrogens is 268 g/mol. The molecule has 0 fully saturated rings. The molecule has 0 saturated heterocycles. The van der Waals surface area contributed by atoms with E-state index < -0.39 is 5.97 Å². The van der Waals surface area contributed by atoms with Crippen LogP contribution in [0, 0.1) is 6.92 Å². The molecule has 0 saturated carbocycles. The topological polar surface area (TPSA) is 70.5 Å². The number of nitrogens with zero attached hydrogens (tertiary/aromatic N) is 2. The molecule has 2 aromatic rings. The SMILES string of the molecule is Cc1ccc(N(CC(=O)O)C(=O)Cc2ccccn2)cc1. The number of rotatable bonds is 5. The van der Waals surface area contributed by atoms with Gasteiger partial charge in [-0.1, -0.05) is 23.8 Å². The van der Waals surface area contributed by atoms with E-state index in [9.17, 15) is 9.59 Å². The minimum Gasteiger partial charge on any atom is -0.480 e. The van der Waals surface area contributed by atoms with Crippen molar-refractivity contribution in [3.8, 4) is 0 Å². The average Bonchev–Trinajstić information content (AvgIpc) is 2.46. The number of carbonyl (C=O) groups excluding carboxylic acids is 1. The molecular formula is C16H16N2O3. The summed E-state index contributed by atoms with van der Waals surface area (Å²) in [4.78, 5) is 28.7. The molecule has 1 aromatic carbocycles. The van der Waals surface area contributed by atoms with E-state index in [2.05, 4.69) is 4.98 Å². The van der Waals surface area contributed by atoms with Gasteiger partial charge in [0.2, 0.25) is 5.91 Å². The van der Waals surface area contributed by atoms with Crippen molar-refractivity contribution in [1.82, 2.24) is 4.98 Å². The van der Waals surface area contributed by atoms with E-state index in [4.69, 9.17) is 5.11 Å². The molecule has 108 valence electrons. The molecule has 1 aromatic heterocycles. The monoisotopic (exact) mass is 284 g/mol. The van der Waals surface area contributed by atoms with Crippen LogP contribution in [0.1, 0.15) is 11.3 Å². The zero-order valence-corrected chi connectivity index (χ0v) is 11.7. The highest BCUT2D eigenvalue weighted by atomic mass is 16.4. The van der Waals surface area contributed by atoms with E-state index in [1.807, 2.05) is 19.1 Å². The molecule has 0 aliphatic rings. The standard InChI is InChI=1S/C16H16N2O3/c1-12-5-7-14(8-6-12)18(11-16(20)21)15(19)10-13-4-2-3-9-17-13/h2-9H,10-11H2,1H3,(H,20,21). The van der Waals surface area contributed by atoms with Gasteiger partial charge in [-0.2, -0.15) is 0 Å². The fourth-order valence-electron chi connectivity index (χ4n) is 1.94. The van der Waals surface area contributed by atoms with Crippen molar-refractivity contribution < 1.29 is 14.7 Å². The third kappa shape index (κ3) is 4.14. The maximum Gasteiger partial charge on any atom is 0.323 e. The highest BCUT2D eigenvalue weighted by molar-refractivity contribution is 5.98. The first kappa shape index (κ1) is 14.7. The fourth-order valence-corrected chi connectivity index (χ4v) is 1.94. The molecule has 0 aliphatic heterocycles. The highest BCUT2D eigenvalue weighted by Gasteiger charge is 2.19. The van der Waals surface area contributed by atoms with Gasteiger partial charge in [-0.3, -0.25) is 14.6 Å². The van der Waals surface area contributed by atoms with Gasteiger partial charge in [0.25, 0.3) is 0 Å². The van der Waals surface area contributed by atoms with Crippen molar-refractivity contribution in [2.75, 3.05) is 11.4 Å². The first-order valence-corrected chi connectivity index (χ1v) is 6.55. The van der Waals surface area contributed by atoms with E-state index in [0.29, 0.717) is 11.4 Å². The molecule has 0 spiro atoms. The third-order valence-corrected chi connectivity index (χ3v) is 3.00. The van der Waals surface area contributed by atoms with Crippen LogP contribution >= 0.6 is 0 Å². The number of hydrogen-bond acceptors (Lipinski definition) is 3. The van der Waals surface area contributed by atoms with Crippen LogP contribution < -0.4 is 4.90 Å². The van der Waals surface area contributed by atoms with E-state index in [1.165, 1.54) is 4.90 Å². The maximum atomic E-state index is 12.4. The van der Waals surface area contributed by atoms with Crippen LogP contribution in [0.5, 0.6) is 0 Å². The molecule has 0 atom stereocenters. The van der Waals surface area contributed by atoms with Crippen molar-refractivity contribution in [2.45, 2.75) is 13.3 Å². The van der Waals surface area contributed by atoms with Crippen LogP contribution in [-0.2, 0) is 16.0 Å². The van der Waals surface area contributed by atoms with Crippen LogP contribution in [0.4, 0.5) is 5.69 Å². The Morgan fingerprint density at radius 2 is 1.86 bits per heavy atom. The zero-order chi connectivity index (χ0) is 15.2. The Labute approximate surface area is 122 Å². The predicted octanol–water partition coefficient (Wildman–Crippen LogP) is 2.05. The van der Waals surface area contributed by atoms with Gasteiger partial charge in [-0.05, 0) is 31.2 Å². The lowest BCUT2D eigenvalue weighted by atomic mass is 10.2. The summed E-state index contributed by atoms with van der Waals surface area (Å²) in [5, 5.41) is 9.01. The maximum absolute atomic E-state index is 12.4. The van der Waals surface area contributed by atoms with Crippen LogP contribution in [0.15, 0.2) is 48.7 Å². The molecule has 1 amide bonds. The van der Waals surface area contributed by atoms with Crippen molar-refractivity contribution in [3.63, 3.8) is 0 Å². The van der Waals surface area contributed by atoms with Gasteiger partial charge in [-0.15, -0.1) is 0 Å². The molecule has 0 aliphatic carbocycles. The summed E-state index contributed by atoms with van der Waals surface area (Å²) in [7, 11) is 0. The number of carbonyl (C=O) groups is 2. The van der Waals surface area contributed by atoms with Crippen molar-refractivity contribution in [1.29, 1.82) is 0 Å². The average molecular weight is 284 g/mol. The highest BCUT2D eigenvalue weighted by Crippen LogP contribution is 2.16. The lowest BCUT2D eigenvalue weighted by Crippen LogP contribution is -2.36.